The van der Waals surface area contributed by atoms with Crippen LogP contribution < -0.4 is 15.8 Å². The van der Waals surface area contributed by atoms with E-state index in [1.165, 1.54) is 6.20 Å². The van der Waals surface area contributed by atoms with E-state index in [0.29, 0.717) is 18.1 Å². The van der Waals surface area contributed by atoms with Crippen LogP contribution in [0.2, 0.25) is 0 Å². The van der Waals surface area contributed by atoms with Crippen molar-refractivity contribution in [3.8, 4) is 0 Å². The molecular formula is C17H18N6O2. The van der Waals surface area contributed by atoms with Crippen LogP contribution in [0, 0.1) is 0 Å². The molecule has 1 amide bonds. The highest BCUT2D eigenvalue weighted by molar-refractivity contribution is 5.93. The van der Waals surface area contributed by atoms with Crippen molar-refractivity contribution in [3.63, 3.8) is 0 Å². The van der Waals surface area contributed by atoms with E-state index in [0.717, 1.165) is 25.0 Å². The van der Waals surface area contributed by atoms with Gasteiger partial charge in [0, 0.05) is 37.7 Å². The summed E-state index contributed by atoms with van der Waals surface area (Å²) in [4.78, 5) is 37.5. The molecule has 1 aliphatic heterocycles. The number of amides is 1. The smallest absolute Gasteiger partial charge is 0.290 e. The highest BCUT2D eigenvalue weighted by Crippen LogP contribution is 2.15. The van der Waals surface area contributed by atoms with Gasteiger partial charge in [0.2, 0.25) is 0 Å². The van der Waals surface area contributed by atoms with Crippen molar-refractivity contribution >= 4 is 17.4 Å². The third-order valence-electron chi connectivity index (χ3n) is 4.39. The number of hydrogen-bond acceptors (Lipinski definition) is 5. The molecule has 1 unspecified atom stereocenters. The number of aromatic nitrogens is 4. The maximum Gasteiger partial charge on any atom is 0.290 e. The average molecular weight is 338 g/mol. The van der Waals surface area contributed by atoms with Gasteiger partial charge in [-0.25, -0.2) is 9.97 Å². The molecule has 8 nitrogen and oxygen atoms in total. The molecule has 1 aliphatic rings. The molecule has 0 radical (unpaired) electrons. The number of rotatable bonds is 3. The molecule has 1 saturated heterocycles. The van der Waals surface area contributed by atoms with Gasteiger partial charge in [0.25, 0.3) is 11.5 Å². The highest BCUT2D eigenvalue weighted by atomic mass is 16.2. The van der Waals surface area contributed by atoms with Crippen LogP contribution >= 0.6 is 0 Å². The van der Waals surface area contributed by atoms with Gasteiger partial charge in [0.1, 0.15) is 11.3 Å². The minimum atomic E-state index is -0.212. The first kappa shape index (κ1) is 15.4. The fourth-order valence-corrected chi connectivity index (χ4v) is 3.22. The van der Waals surface area contributed by atoms with Crippen LogP contribution in [0.25, 0.3) is 5.65 Å². The highest BCUT2D eigenvalue weighted by Gasteiger charge is 2.25. The van der Waals surface area contributed by atoms with E-state index in [1.54, 1.807) is 16.8 Å². The topological polar surface area (TPSA) is 95.4 Å². The molecule has 0 aliphatic carbocycles. The molecule has 8 heteroatoms. The monoisotopic (exact) mass is 338 g/mol. The fourth-order valence-electron chi connectivity index (χ4n) is 3.22. The third-order valence-corrected chi connectivity index (χ3v) is 4.39. The number of imidazole rings is 1. The fraction of sp³-hybridized carbons (Fsp3) is 0.294. The van der Waals surface area contributed by atoms with E-state index in [2.05, 4.69) is 20.3 Å². The van der Waals surface area contributed by atoms with Gasteiger partial charge in [-0.3, -0.25) is 14.0 Å². The molecule has 0 spiro atoms. The number of nitrogens with one attached hydrogen (secondary N) is 2. The Morgan fingerprint density at radius 1 is 1.32 bits per heavy atom. The van der Waals surface area contributed by atoms with Crippen LogP contribution in [0.5, 0.6) is 0 Å². The van der Waals surface area contributed by atoms with E-state index in [1.807, 2.05) is 29.3 Å². The van der Waals surface area contributed by atoms with Gasteiger partial charge in [-0.1, -0.05) is 6.07 Å². The largest absolute Gasteiger partial charge is 0.350 e. The summed E-state index contributed by atoms with van der Waals surface area (Å²) in [5.74, 6) is 0.233. The van der Waals surface area contributed by atoms with Gasteiger partial charge in [-0.15, -0.1) is 0 Å². The van der Waals surface area contributed by atoms with Gasteiger partial charge in [0.15, 0.2) is 5.82 Å². The Kier molecular flexibility index (Phi) is 3.93. The first-order chi connectivity index (χ1) is 12.2. The molecule has 1 atom stereocenters. The molecule has 128 valence electrons. The number of fused-ring (bicyclic) bond motifs is 1. The van der Waals surface area contributed by atoms with Crippen LogP contribution in [0.4, 0.5) is 5.82 Å². The second-order valence-electron chi connectivity index (χ2n) is 6.07. The van der Waals surface area contributed by atoms with Crippen LogP contribution in [-0.4, -0.2) is 44.4 Å². The summed E-state index contributed by atoms with van der Waals surface area (Å²) in [5.41, 5.74) is 1.03. The van der Waals surface area contributed by atoms with E-state index >= 15 is 0 Å². The van der Waals surface area contributed by atoms with E-state index in [-0.39, 0.29) is 17.5 Å². The predicted octanol–water partition coefficient (Wildman–Crippen LogP) is 0.816. The Hall–Kier alpha value is -3.16. The van der Waals surface area contributed by atoms with Crippen molar-refractivity contribution in [2.24, 2.45) is 0 Å². The molecule has 0 bridgehead atoms. The lowest BCUT2D eigenvalue weighted by molar-refractivity contribution is 0.0927. The summed E-state index contributed by atoms with van der Waals surface area (Å²) in [7, 11) is 0. The summed E-state index contributed by atoms with van der Waals surface area (Å²) < 4.78 is 1.76. The summed E-state index contributed by atoms with van der Waals surface area (Å²) in [6.45, 7) is 1.31. The molecule has 0 saturated carbocycles. The van der Waals surface area contributed by atoms with E-state index < -0.39 is 0 Å². The number of nitrogens with zero attached hydrogens (tertiary/aromatic N) is 4. The molecule has 1 fully saturated rings. The number of carbonyl (C=O) groups is 1. The molecule has 4 heterocycles. The van der Waals surface area contributed by atoms with Crippen molar-refractivity contribution < 1.29 is 4.79 Å². The quantitative estimate of drug-likeness (QED) is 0.737. The lowest BCUT2D eigenvalue weighted by atomic mass is 10.1. The molecule has 3 aromatic rings. The summed E-state index contributed by atoms with van der Waals surface area (Å²) in [6, 6.07) is 5.55. The standard InChI is InChI=1S/C17H18N6O2/c24-16(13-10-20-14-5-1-2-9-23(13)14)21-12-4-3-8-22(11-12)15-17(25)19-7-6-18-15/h1-2,5-7,9-10,12H,3-4,8,11H2,(H,19,25)(H,21,24). The minimum Gasteiger partial charge on any atom is -0.350 e. The van der Waals surface area contributed by atoms with Gasteiger partial charge < -0.3 is 15.2 Å². The summed E-state index contributed by atoms with van der Waals surface area (Å²) in [5, 5.41) is 3.05. The Labute approximate surface area is 143 Å². The number of anilines is 1. The van der Waals surface area contributed by atoms with Crippen molar-refractivity contribution in [2.45, 2.75) is 18.9 Å². The molecule has 4 rings (SSSR count). The summed E-state index contributed by atoms with van der Waals surface area (Å²) >= 11 is 0. The molecule has 25 heavy (non-hydrogen) atoms. The number of piperidine rings is 1. The maximum atomic E-state index is 12.6. The maximum absolute atomic E-state index is 12.6. The number of aromatic amines is 1. The lowest BCUT2D eigenvalue weighted by Gasteiger charge is -2.33. The lowest BCUT2D eigenvalue weighted by Crippen LogP contribution is -2.49. The summed E-state index contributed by atoms with van der Waals surface area (Å²) in [6.07, 6.45) is 8.22. The second-order valence-corrected chi connectivity index (χ2v) is 6.07. The van der Waals surface area contributed by atoms with Gasteiger partial charge in [-0.05, 0) is 25.0 Å². The molecule has 3 aromatic heterocycles. The van der Waals surface area contributed by atoms with Crippen molar-refractivity contribution in [2.75, 3.05) is 18.0 Å². The molecular weight excluding hydrogens is 320 g/mol. The SMILES string of the molecule is O=C(NC1CCCN(c2ncc[nH]c2=O)C1)c1cnc2ccccn12. The van der Waals surface area contributed by atoms with Crippen molar-refractivity contribution in [1.82, 2.24) is 24.7 Å². The predicted molar refractivity (Wildman–Crippen MR) is 92.8 cm³/mol. The average Bonchev–Trinajstić information content (AvgIpc) is 3.06. The Bertz CT molecular complexity index is 963. The zero-order chi connectivity index (χ0) is 17.2. The first-order valence-corrected chi connectivity index (χ1v) is 8.24. The van der Waals surface area contributed by atoms with Gasteiger partial charge in [-0.2, -0.15) is 0 Å². The third kappa shape index (κ3) is 2.98. The van der Waals surface area contributed by atoms with Crippen LogP contribution in [0.1, 0.15) is 23.3 Å². The number of pyridine rings is 1. The number of hydrogen-bond donors (Lipinski definition) is 2. The zero-order valence-electron chi connectivity index (χ0n) is 13.6. The van der Waals surface area contributed by atoms with Gasteiger partial charge >= 0.3 is 0 Å². The van der Waals surface area contributed by atoms with E-state index in [4.69, 9.17) is 0 Å². The molecule has 0 aromatic carbocycles. The first-order valence-electron chi connectivity index (χ1n) is 8.24. The normalized spacial score (nSPS) is 17.6. The van der Waals surface area contributed by atoms with Crippen molar-refractivity contribution in [1.29, 1.82) is 0 Å². The van der Waals surface area contributed by atoms with E-state index in [9.17, 15) is 9.59 Å². The van der Waals surface area contributed by atoms with Crippen molar-refractivity contribution in [3.05, 3.63) is 59.0 Å². The molecule has 2 N–H and O–H groups in total. The zero-order valence-corrected chi connectivity index (χ0v) is 13.6. The number of H-pyrrole nitrogens is 1. The number of carbonyl (C=O) groups excluding carboxylic acids is 1. The van der Waals surface area contributed by atoms with Gasteiger partial charge in [0.05, 0.1) is 6.20 Å². The van der Waals surface area contributed by atoms with Crippen LogP contribution in [0.15, 0.2) is 47.8 Å². The minimum absolute atomic E-state index is 0.0445. The second kappa shape index (κ2) is 6.39. The Morgan fingerprint density at radius 3 is 3.12 bits per heavy atom. The Balaban J connectivity index is 1.50. The van der Waals surface area contributed by atoms with Crippen LogP contribution in [-0.2, 0) is 0 Å². The van der Waals surface area contributed by atoms with Crippen LogP contribution in [0.3, 0.4) is 0 Å². The Morgan fingerprint density at radius 2 is 2.24 bits per heavy atom.